The van der Waals surface area contributed by atoms with Crippen molar-refractivity contribution in [3.63, 3.8) is 0 Å². The predicted octanol–water partition coefficient (Wildman–Crippen LogP) is 4.37. The molecule has 0 spiro atoms. The molecule has 0 radical (unpaired) electrons. The van der Waals surface area contributed by atoms with E-state index in [0.29, 0.717) is 5.75 Å². The summed E-state index contributed by atoms with van der Waals surface area (Å²) in [6, 6.07) is 17.7. The average Bonchev–Trinajstić information content (AvgIpc) is 3.21. The Hall–Kier alpha value is -3.12. The second kappa shape index (κ2) is 9.13. The molecule has 0 bridgehead atoms. The molecule has 4 rings (SSSR count). The maximum Gasteiger partial charge on any atom is 0.280 e. The monoisotopic (exact) mass is 404 g/mol. The van der Waals surface area contributed by atoms with Crippen LogP contribution in [0, 0.1) is 5.92 Å². The van der Waals surface area contributed by atoms with Crippen LogP contribution >= 0.6 is 0 Å². The summed E-state index contributed by atoms with van der Waals surface area (Å²) in [6.07, 6.45) is 4.31. The number of hydrogen-bond acceptors (Lipinski definition) is 4. The first-order valence-electron chi connectivity index (χ1n) is 10.4. The van der Waals surface area contributed by atoms with Crippen molar-refractivity contribution in [3.8, 4) is 11.4 Å². The molecule has 0 aliphatic carbocycles. The van der Waals surface area contributed by atoms with Gasteiger partial charge >= 0.3 is 0 Å². The maximum absolute atomic E-state index is 12.8. The lowest BCUT2D eigenvalue weighted by molar-refractivity contribution is 0.101. The Labute approximate surface area is 177 Å². The molecule has 6 nitrogen and oxygen atoms in total. The highest BCUT2D eigenvalue weighted by atomic mass is 16.5. The quantitative estimate of drug-likeness (QED) is 0.663. The Morgan fingerprint density at radius 3 is 2.63 bits per heavy atom. The number of amides is 1. The number of carbonyl (C=O) groups excluding carboxylic acids is 1. The SMILES string of the molecule is COc1cn(-c2ccccc2)nc1C(=O)Nc1ccc(CN2CCCC(C)C2)cc1. The van der Waals surface area contributed by atoms with E-state index < -0.39 is 0 Å². The molecular formula is C24H28N4O2. The topological polar surface area (TPSA) is 59.4 Å². The smallest absolute Gasteiger partial charge is 0.280 e. The van der Waals surface area contributed by atoms with Crippen LogP contribution < -0.4 is 10.1 Å². The first-order valence-corrected chi connectivity index (χ1v) is 10.4. The summed E-state index contributed by atoms with van der Waals surface area (Å²) in [5.41, 5.74) is 3.12. The van der Waals surface area contributed by atoms with Crippen LogP contribution in [0.15, 0.2) is 60.8 Å². The van der Waals surface area contributed by atoms with E-state index in [0.717, 1.165) is 36.9 Å². The number of piperidine rings is 1. The number of para-hydroxylation sites is 1. The van der Waals surface area contributed by atoms with E-state index >= 15 is 0 Å². The Morgan fingerprint density at radius 2 is 1.93 bits per heavy atom. The number of methoxy groups -OCH3 is 1. The number of rotatable bonds is 6. The first-order chi connectivity index (χ1) is 14.6. The maximum atomic E-state index is 12.8. The van der Waals surface area contributed by atoms with Crippen LogP contribution in [0.2, 0.25) is 0 Å². The zero-order valence-electron chi connectivity index (χ0n) is 17.5. The van der Waals surface area contributed by atoms with Crippen LogP contribution in [0.5, 0.6) is 5.75 Å². The summed E-state index contributed by atoms with van der Waals surface area (Å²) in [6.45, 7) is 5.58. The molecule has 1 amide bonds. The number of aromatic nitrogens is 2. The molecule has 1 N–H and O–H groups in total. The van der Waals surface area contributed by atoms with Gasteiger partial charge < -0.3 is 10.1 Å². The minimum atomic E-state index is -0.292. The number of anilines is 1. The number of benzene rings is 2. The zero-order chi connectivity index (χ0) is 20.9. The van der Waals surface area contributed by atoms with Gasteiger partial charge in [-0.05, 0) is 55.1 Å². The fraction of sp³-hybridized carbons (Fsp3) is 0.333. The molecule has 1 aliphatic rings. The van der Waals surface area contributed by atoms with Crippen molar-refractivity contribution in [2.75, 3.05) is 25.5 Å². The van der Waals surface area contributed by atoms with Crippen LogP contribution in [0.3, 0.4) is 0 Å². The largest absolute Gasteiger partial charge is 0.493 e. The van der Waals surface area contributed by atoms with Gasteiger partial charge in [-0.3, -0.25) is 9.69 Å². The van der Waals surface area contributed by atoms with Gasteiger partial charge in [0.25, 0.3) is 5.91 Å². The van der Waals surface area contributed by atoms with E-state index in [4.69, 9.17) is 4.74 Å². The van der Waals surface area contributed by atoms with Gasteiger partial charge in [-0.25, -0.2) is 4.68 Å². The molecule has 1 aliphatic heterocycles. The third-order valence-electron chi connectivity index (χ3n) is 5.50. The van der Waals surface area contributed by atoms with E-state index in [1.54, 1.807) is 18.0 Å². The number of hydrogen-bond donors (Lipinski definition) is 1. The number of nitrogens with one attached hydrogen (secondary N) is 1. The fourth-order valence-corrected chi connectivity index (χ4v) is 3.95. The summed E-state index contributed by atoms with van der Waals surface area (Å²) in [5, 5.41) is 7.35. The summed E-state index contributed by atoms with van der Waals surface area (Å²) in [7, 11) is 1.54. The number of ether oxygens (including phenoxy) is 1. The van der Waals surface area contributed by atoms with E-state index in [1.165, 1.54) is 18.4 Å². The number of likely N-dealkylation sites (tertiary alicyclic amines) is 1. The van der Waals surface area contributed by atoms with Gasteiger partial charge in [0.2, 0.25) is 0 Å². The highest BCUT2D eigenvalue weighted by molar-refractivity contribution is 6.04. The van der Waals surface area contributed by atoms with E-state index in [9.17, 15) is 4.79 Å². The highest BCUT2D eigenvalue weighted by Crippen LogP contribution is 2.22. The molecule has 30 heavy (non-hydrogen) atoms. The summed E-state index contributed by atoms with van der Waals surface area (Å²) in [5.74, 6) is 0.911. The molecule has 6 heteroatoms. The molecule has 1 atom stereocenters. The lowest BCUT2D eigenvalue weighted by atomic mass is 10.00. The summed E-state index contributed by atoms with van der Waals surface area (Å²) >= 11 is 0. The van der Waals surface area contributed by atoms with E-state index in [2.05, 4.69) is 34.4 Å². The Kier molecular flexibility index (Phi) is 6.14. The molecular weight excluding hydrogens is 376 g/mol. The summed E-state index contributed by atoms with van der Waals surface area (Å²) in [4.78, 5) is 15.3. The second-order valence-corrected chi connectivity index (χ2v) is 7.96. The minimum Gasteiger partial charge on any atom is -0.493 e. The van der Waals surface area contributed by atoms with Crippen molar-refractivity contribution >= 4 is 11.6 Å². The summed E-state index contributed by atoms with van der Waals surface area (Å²) < 4.78 is 7.02. The Balaban J connectivity index is 1.43. The molecule has 156 valence electrons. The van der Waals surface area contributed by atoms with E-state index in [1.807, 2.05) is 42.5 Å². The average molecular weight is 405 g/mol. The van der Waals surface area contributed by atoms with Crippen molar-refractivity contribution < 1.29 is 9.53 Å². The van der Waals surface area contributed by atoms with Gasteiger partial charge in [0, 0.05) is 18.8 Å². The normalized spacial score (nSPS) is 16.9. The number of carbonyl (C=O) groups is 1. The highest BCUT2D eigenvalue weighted by Gasteiger charge is 2.19. The van der Waals surface area contributed by atoms with Crippen LogP contribution in [0.1, 0.15) is 35.8 Å². The van der Waals surface area contributed by atoms with E-state index in [-0.39, 0.29) is 11.6 Å². The van der Waals surface area contributed by atoms with Crippen molar-refractivity contribution in [1.82, 2.24) is 14.7 Å². The van der Waals surface area contributed by atoms with Gasteiger partial charge in [-0.2, -0.15) is 5.10 Å². The van der Waals surface area contributed by atoms with Gasteiger partial charge in [0.1, 0.15) is 0 Å². The van der Waals surface area contributed by atoms with Gasteiger partial charge in [-0.15, -0.1) is 0 Å². The Morgan fingerprint density at radius 1 is 1.17 bits per heavy atom. The molecule has 1 fully saturated rings. The van der Waals surface area contributed by atoms with Crippen molar-refractivity contribution in [2.45, 2.75) is 26.3 Å². The molecule has 1 unspecified atom stereocenters. The second-order valence-electron chi connectivity index (χ2n) is 7.96. The molecule has 1 aromatic heterocycles. The van der Waals surface area contributed by atoms with Crippen LogP contribution in [-0.2, 0) is 6.54 Å². The van der Waals surface area contributed by atoms with Gasteiger partial charge in [0.05, 0.1) is 19.0 Å². The Bertz CT molecular complexity index is 982. The van der Waals surface area contributed by atoms with Gasteiger partial charge in [-0.1, -0.05) is 37.3 Å². The minimum absolute atomic E-state index is 0.257. The van der Waals surface area contributed by atoms with Gasteiger partial charge in [0.15, 0.2) is 11.4 Å². The third-order valence-corrected chi connectivity index (χ3v) is 5.50. The van der Waals surface area contributed by atoms with Crippen LogP contribution in [0.4, 0.5) is 5.69 Å². The first kappa shape index (κ1) is 20.2. The zero-order valence-corrected chi connectivity index (χ0v) is 17.5. The van der Waals surface area contributed by atoms with Crippen LogP contribution in [-0.4, -0.2) is 40.8 Å². The predicted molar refractivity (Wildman–Crippen MR) is 118 cm³/mol. The van der Waals surface area contributed by atoms with Crippen LogP contribution in [0.25, 0.3) is 5.69 Å². The van der Waals surface area contributed by atoms with Crippen molar-refractivity contribution in [3.05, 3.63) is 72.1 Å². The molecule has 0 saturated carbocycles. The molecule has 2 heterocycles. The van der Waals surface area contributed by atoms with Crippen molar-refractivity contribution in [1.29, 1.82) is 0 Å². The fourth-order valence-electron chi connectivity index (χ4n) is 3.95. The van der Waals surface area contributed by atoms with Crippen molar-refractivity contribution in [2.24, 2.45) is 5.92 Å². The molecule has 1 saturated heterocycles. The molecule has 2 aromatic carbocycles. The lowest BCUT2D eigenvalue weighted by Gasteiger charge is -2.30. The third kappa shape index (κ3) is 4.71. The lowest BCUT2D eigenvalue weighted by Crippen LogP contribution is -2.33. The molecule has 3 aromatic rings. The number of nitrogens with zero attached hydrogens (tertiary/aromatic N) is 3. The standard InChI is InChI=1S/C24H28N4O2/c1-18-7-6-14-27(15-18)16-19-10-12-20(13-11-19)25-24(29)23-22(30-2)17-28(26-23)21-8-4-3-5-9-21/h3-5,8-13,17-18H,6-7,14-16H2,1-2H3,(H,25,29).